The molecule has 1 aliphatic carbocycles. The van der Waals surface area contributed by atoms with E-state index >= 15 is 0 Å². The van der Waals surface area contributed by atoms with Crippen molar-refractivity contribution in [1.82, 2.24) is 4.90 Å². The Kier molecular flexibility index (Phi) is 5.19. The quantitative estimate of drug-likeness (QED) is 0.627. The smallest absolute Gasteiger partial charge is 0.271 e. The fourth-order valence-corrected chi connectivity index (χ4v) is 5.08. The van der Waals surface area contributed by atoms with E-state index < -0.39 is 10.0 Å². The van der Waals surface area contributed by atoms with Crippen LogP contribution in [0.25, 0.3) is 0 Å². The van der Waals surface area contributed by atoms with E-state index in [9.17, 15) is 13.2 Å². The molecule has 1 aromatic heterocycles. The lowest BCUT2D eigenvalue weighted by Crippen LogP contribution is -2.32. The number of carbonyl (C=O) groups is 1. The number of anilines is 1. The van der Waals surface area contributed by atoms with Gasteiger partial charge in [-0.15, -0.1) is 11.3 Å². The Morgan fingerprint density at radius 2 is 1.82 bits per heavy atom. The monoisotopic (exact) mass is 412 g/mol. The van der Waals surface area contributed by atoms with E-state index in [2.05, 4.69) is 4.72 Å². The third kappa shape index (κ3) is 4.26. The second-order valence-electron chi connectivity index (χ2n) is 6.77. The summed E-state index contributed by atoms with van der Waals surface area (Å²) in [6.45, 7) is 0.551. The number of sulfonamides is 1. The lowest BCUT2D eigenvalue weighted by atomic mass is 10.1. The molecule has 0 unspecified atom stereocenters. The summed E-state index contributed by atoms with van der Waals surface area (Å²) in [5.74, 6) is -0.0801. The first-order chi connectivity index (χ1) is 13.5. The number of rotatable bonds is 7. The summed E-state index contributed by atoms with van der Waals surface area (Å²) in [6, 6.07) is 20.1. The molecule has 5 nitrogen and oxygen atoms in total. The van der Waals surface area contributed by atoms with Crippen LogP contribution in [0.1, 0.15) is 28.8 Å². The maximum Gasteiger partial charge on any atom is 0.271 e. The Morgan fingerprint density at radius 3 is 2.50 bits per heavy atom. The minimum atomic E-state index is -3.64. The second-order valence-corrected chi connectivity index (χ2v) is 9.63. The standard InChI is InChI=1S/C21H20N2O3S2/c24-21(23(19-11-12-19)15-16-6-2-1-3-7-16)17-8-4-9-18(14-17)22-28(25,26)20-10-5-13-27-20/h1-10,13-14,19,22H,11-12,15H2. The number of nitrogens with one attached hydrogen (secondary N) is 1. The molecule has 0 spiro atoms. The van der Waals surface area contributed by atoms with Crippen LogP contribution in [0, 0.1) is 0 Å². The average molecular weight is 413 g/mol. The van der Waals surface area contributed by atoms with E-state index in [-0.39, 0.29) is 16.2 Å². The number of hydrogen-bond acceptors (Lipinski definition) is 4. The van der Waals surface area contributed by atoms with Gasteiger partial charge in [-0.3, -0.25) is 9.52 Å². The van der Waals surface area contributed by atoms with Crippen molar-refractivity contribution in [1.29, 1.82) is 0 Å². The molecule has 1 heterocycles. The van der Waals surface area contributed by atoms with Gasteiger partial charge in [0.2, 0.25) is 0 Å². The molecular weight excluding hydrogens is 392 g/mol. The molecule has 0 bridgehead atoms. The van der Waals surface area contributed by atoms with Gasteiger partial charge in [0.25, 0.3) is 15.9 Å². The average Bonchev–Trinajstić information content (AvgIpc) is 3.37. The molecule has 2 aromatic carbocycles. The maximum atomic E-state index is 13.1. The Hall–Kier alpha value is -2.64. The highest BCUT2D eigenvalue weighted by molar-refractivity contribution is 7.94. The largest absolute Gasteiger partial charge is 0.331 e. The van der Waals surface area contributed by atoms with Gasteiger partial charge in [0.15, 0.2) is 0 Å². The van der Waals surface area contributed by atoms with Crippen LogP contribution >= 0.6 is 11.3 Å². The van der Waals surface area contributed by atoms with Crippen molar-refractivity contribution < 1.29 is 13.2 Å². The molecule has 1 fully saturated rings. The molecule has 1 amide bonds. The highest BCUT2D eigenvalue weighted by Gasteiger charge is 2.33. The minimum absolute atomic E-state index is 0.0801. The van der Waals surface area contributed by atoms with Crippen molar-refractivity contribution in [3.05, 3.63) is 83.2 Å². The van der Waals surface area contributed by atoms with E-state index in [1.54, 1.807) is 41.8 Å². The Balaban J connectivity index is 1.55. The first-order valence-corrected chi connectivity index (χ1v) is 11.4. The first-order valence-electron chi connectivity index (χ1n) is 9.04. The highest BCUT2D eigenvalue weighted by Crippen LogP contribution is 2.30. The van der Waals surface area contributed by atoms with Crippen LogP contribution in [0.15, 0.2) is 76.3 Å². The van der Waals surface area contributed by atoms with Gasteiger partial charge in [-0.05, 0) is 48.1 Å². The fourth-order valence-electron chi connectivity index (χ4n) is 3.04. The van der Waals surface area contributed by atoms with Gasteiger partial charge in [-0.25, -0.2) is 8.42 Å². The number of thiophene rings is 1. The molecule has 4 rings (SSSR count). The van der Waals surface area contributed by atoms with Crippen molar-refractivity contribution in [3.8, 4) is 0 Å². The third-order valence-electron chi connectivity index (χ3n) is 4.57. The van der Waals surface area contributed by atoms with Crippen LogP contribution in [0.2, 0.25) is 0 Å². The van der Waals surface area contributed by atoms with Crippen LogP contribution in [0.4, 0.5) is 5.69 Å². The summed E-state index contributed by atoms with van der Waals surface area (Å²) < 4.78 is 27.7. The van der Waals surface area contributed by atoms with E-state index in [0.717, 1.165) is 29.7 Å². The summed E-state index contributed by atoms with van der Waals surface area (Å²) in [5.41, 5.74) is 1.95. The zero-order valence-corrected chi connectivity index (χ0v) is 16.7. The topological polar surface area (TPSA) is 66.5 Å². The molecule has 3 aromatic rings. The molecular formula is C21H20N2O3S2. The third-order valence-corrected chi connectivity index (χ3v) is 7.34. The number of carbonyl (C=O) groups excluding carboxylic acids is 1. The van der Waals surface area contributed by atoms with Crippen molar-refractivity contribution >= 4 is 33.0 Å². The summed E-state index contributed by atoms with van der Waals surface area (Å²) >= 11 is 1.15. The summed E-state index contributed by atoms with van der Waals surface area (Å²) in [5, 5.41) is 1.71. The molecule has 1 aliphatic rings. The van der Waals surface area contributed by atoms with Gasteiger partial charge in [-0.2, -0.15) is 0 Å². The second kappa shape index (κ2) is 7.77. The Labute approximate surface area is 168 Å². The molecule has 0 aliphatic heterocycles. The summed E-state index contributed by atoms with van der Waals surface area (Å²) in [4.78, 5) is 15.0. The zero-order chi connectivity index (χ0) is 19.6. The van der Waals surface area contributed by atoms with Gasteiger partial charge in [0, 0.05) is 23.8 Å². The van der Waals surface area contributed by atoms with Gasteiger partial charge in [-0.1, -0.05) is 42.5 Å². The van der Waals surface area contributed by atoms with E-state index in [1.165, 1.54) is 0 Å². The van der Waals surface area contributed by atoms with Crippen molar-refractivity contribution in [2.75, 3.05) is 4.72 Å². The molecule has 0 atom stereocenters. The van der Waals surface area contributed by atoms with Crippen LogP contribution < -0.4 is 4.72 Å². The Bertz CT molecular complexity index is 1060. The van der Waals surface area contributed by atoms with Crippen molar-refractivity contribution in [3.63, 3.8) is 0 Å². The van der Waals surface area contributed by atoms with Crippen molar-refractivity contribution in [2.24, 2.45) is 0 Å². The van der Waals surface area contributed by atoms with E-state index in [1.807, 2.05) is 35.2 Å². The zero-order valence-electron chi connectivity index (χ0n) is 15.1. The van der Waals surface area contributed by atoms with Crippen LogP contribution in [0.5, 0.6) is 0 Å². The first kappa shape index (κ1) is 18.7. The normalized spacial score (nSPS) is 13.9. The molecule has 1 saturated carbocycles. The highest BCUT2D eigenvalue weighted by atomic mass is 32.2. The summed E-state index contributed by atoms with van der Waals surface area (Å²) in [6.07, 6.45) is 2.01. The van der Waals surface area contributed by atoms with Crippen LogP contribution in [-0.4, -0.2) is 25.3 Å². The van der Waals surface area contributed by atoms with Gasteiger partial charge >= 0.3 is 0 Å². The minimum Gasteiger partial charge on any atom is -0.331 e. The molecule has 0 radical (unpaired) electrons. The van der Waals surface area contributed by atoms with Crippen LogP contribution in [0.3, 0.4) is 0 Å². The molecule has 144 valence electrons. The van der Waals surface area contributed by atoms with Crippen LogP contribution in [-0.2, 0) is 16.6 Å². The lowest BCUT2D eigenvalue weighted by molar-refractivity contribution is 0.0730. The number of nitrogens with zero attached hydrogens (tertiary/aromatic N) is 1. The molecule has 28 heavy (non-hydrogen) atoms. The lowest BCUT2D eigenvalue weighted by Gasteiger charge is -2.23. The maximum absolute atomic E-state index is 13.1. The molecule has 7 heteroatoms. The summed E-state index contributed by atoms with van der Waals surface area (Å²) in [7, 11) is -3.64. The molecule has 1 N–H and O–H groups in total. The van der Waals surface area contributed by atoms with Gasteiger partial charge < -0.3 is 4.90 Å². The van der Waals surface area contributed by atoms with Gasteiger partial charge in [0.1, 0.15) is 4.21 Å². The molecule has 0 saturated heterocycles. The fraction of sp³-hybridized carbons (Fsp3) is 0.190. The number of amides is 1. The number of hydrogen-bond donors (Lipinski definition) is 1. The SMILES string of the molecule is O=C(c1cccc(NS(=O)(=O)c2cccs2)c1)N(Cc1ccccc1)C1CC1. The predicted octanol–water partition coefficient (Wildman–Crippen LogP) is 4.35. The Morgan fingerprint density at radius 1 is 1.04 bits per heavy atom. The predicted molar refractivity (Wildman–Crippen MR) is 111 cm³/mol. The van der Waals surface area contributed by atoms with E-state index in [0.29, 0.717) is 17.8 Å². The van der Waals surface area contributed by atoms with E-state index in [4.69, 9.17) is 0 Å². The van der Waals surface area contributed by atoms with Gasteiger partial charge in [0.05, 0.1) is 0 Å². The number of benzene rings is 2. The van der Waals surface area contributed by atoms with Crippen molar-refractivity contribution in [2.45, 2.75) is 29.6 Å².